The van der Waals surface area contributed by atoms with Gasteiger partial charge in [-0.15, -0.1) is 0 Å². The largest absolute Gasteiger partial charge is 0.778 e. The van der Waals surface area contributed by atoms with E-state index in [1.165, 1.54) is 0 Å². The van der Waals surface area contributed by atoms with Gasteiger partial charge < -0.3 is 83.9 Å². The zero-order valence-electron chi connectivity index (χ0n) is 65.8. The topological polar surface area (TPSA) is 296 Å². The Morgan fingerprint density at radius 1 is 0.206 bits per heavy atom. The van der Waals surface area contributed by atoms with E-state index in [1.807, 2.05) is 83.1 Å². The first-order chi connectivity index (χ1) is 45.3. The summed E-state index contributed by atoms with van der Waals surface area (Å²) < 4.78 is 99.8. The van der Waals surface area contributed by atoms with E-state index in [2.05, 4.69) is 41.5 Å². The molecule has 0 aromatic carbocycles. The molecule has 0 N–H and O–H groups in total. The third-order valence-corrected chi connectivity index (χ3v) is 26.1. The summed E-state index contributed by atoms with van der Waals surface area (Å²) in [6.45, 7) is 39.3. The monoisotopic (exact) mass is 1590 g/mol. The van der Waals surface area contributed by atoms with Crippen molar-refractivity contribution in [3.05, 3.63) is 0 Å². The molecule has 594 valence electrons. The Morgan fingerprint density at radius 2 is 0.309 bits per heavy atom. The number of rotatable bonds is 60. The minimum Gasteiger partial charge on any atom is -0.778 e. The minimum atomic E-state index is -3.59. The van der Waals surface area contributed by atoms with E-state index in [0.29, 0.717) is 39.6 Å². The second-order valence-corrected chi connectivity index (χ2v) is 37.5. The predicted octanol–water partition coefficient (Wildman–Crippen LogP) is 21.4. The summed E-state index contributed by atoms with van der Waals surface area (Å²) in [5, 5.41) is 0. The van der Waals surface area contributed by atoms with E-state index < -0.39 is 45.6 Å². The zero-order valence-corrected chi connectivity index (χ0v) is 73.2. The third-order valence-electron chi connectivity index (χ3n) is 16.9. The molecule has 0 rings (SSSR count). The van der Waals surface area contributed by atoms with Gasteiger partial charge in [0.1, 0.15) is 45.6 Å². The van der Waals surface area contributed by atoms with Crippen molar-refractivity contribution in [3.8, 4) is 0 Å². The smallest absolute Gasteiger partial charge is 0.135 e. The summed E-state index contributed by atoms with van der Waals surface area (Å²) in [5.74, 6) is 1.61. The molecule has 0 saturated heterocycles. The Morgan fingerprint density at radius 3 is 0.392 bits per heavy atom. The van der Waals surface area contributed by atoms with Crippen LogP contribution in [-0.4, -0.2) is 76.6 Å². The molecule has 0 bridgehead atoms. The van der Waals surface area contributed by atoms with Crippen molar-refractivity contribution in [1.29, 1.82) is 0 Å². The van der Waals surface area contributed by atoms with Crippen LogP contribution in [0.25, 0.3) is 0 Å². The average Bonchev–Trinajstić information content (AvgIpc) is 1.75. The van der Waals surface area contributed by atoms with Crippen LogP contribution in [0.2, 0.25) is 0 Å². The molecule has 18 nitrogen and oxygen atoms in total. The summed E-state index contributed by atoms with van der Waals surface area (Å²) >= 11 is 0. The first-order valence-electron chi connectivity index (χ1n) is 39.0. The molecule has 0 heterocycles. The zero-order chi connectivity index (χ0) is 74.6. The van der Waals surface area contributed by atoms with Gasteiger partial charge in [0.2, 0.25) is 0 Å². The van der Waals surface area contributed by atoms with Crippen LogP contribution < -0.4 is 29.4 Å². The summed E-state index contributed by atoms with van der Waals surface area (Å²) in [4.78, 5) is 69.9. The Kier molecular flexibility index (Phi) is 87.5. The van der Waals surface area contributed by atoms with Crippen molar-refractivity contribution < 1.29 is 105 Å². The van der Waals surface area contributed by atoms with Gasteiger partial charge in [-0.3, -0.25) is 0 Å². The Labute approximate surface area is 614 Å². The first kappa shape index (κ1) is 112. The van der Waals surface area contributed by atoms with Crippen LogP contribution >= 0.6 is 45.6 Å². The maximum absolute atomic E-state index is 11.6. The van der Waals surface area contributed by atoms with Gasteiger partial charge in [0.15, 0.2) is 0 Å². The molecule has 0 spiro atoms. The summed E-state index contributed by atoms with van der Waals surface area (Å²) in [5.41, 5.74) is 0. The SMILES string of the molecule is CCCCOP(=O)([O-])CC(CC)CCCC.CCCCOP(=O)([O-])CC(CC)CCCC.CCCCOP(=O)([O-])CC(CC)CCCC.CCCCOP(=O)([O-])CC(CC)CCCC.CCCCOP(=O)([O-])CC(CC)CCCC.CCCCOP(=O)([O-])CC(CC)CCCC.[Mo]. The standard InChI is InChI=1S/6C12H27O3P.Mo/c6*1-4-7-9-12(6-3)11-16(13,14)15-10-8-5-2;/h6*12H,4-11H2,1-3H3,(H,13,14);/p-6. The third kappa shape index (κ3) is 83.1. The van der Waals surface area contributed by atoms with Crippen molar-refractivity contribution in [3.63, 3.8) is 0 Å². The second-order valence-electron chi connectivity index (χ2n) is 26.4. The van der Waals surface area contributed by atoms with Gasteiger partial charge >= 0.3 is 0 Å². The van der Waals surface area contributed by atoms with E-state index in [4.69, 9.17) is 27.1 Å². The van der Waals surface area contributed by atoms with Gasteiger partial charge in [-0.1, -0.05) is 279 Å². The summed E-state index contributed by atoms with van der Waals surface area (Å²) in [7, 11) is -21.5. The average molecular weight is 1590 g/mol. The molecule has 12 atom stereocenters. The van der Waals surface area contributed by atoms with Gasteiger partial charge in [-0.25, -0.2) is 0 Å². The van der Waals surface area contributed by atoms with Gasteiger partial charge in [0.25, 0.3) is 0 Å². The predicted molar refractivity (Wildman–Crippen MR) is 400 cm³/mol. The van der Waals surface area contributed by atoms with Crippen molar-refractivity contribution in [2.24, 2.45) is 35.5 Å². The molecular weight excluding hydrogens is 1430 g/mol. The maximum atomic E-state index is 11.6. The molecule has 0 aliphatic rings. The van der Waals surface area contributed by atoms with Crippen molar-refractivity contribution >= 4 is 45.6 Å². The fraction of sp³-hybridized carbons (Fsp3) is 1.00. The first-order valence-corrected chi connectivity index (χ1v) is 49.4. The fourth-order valence-corrected chi connectivity index (χ4v) is 19.3. The number of unbranched alkanes of at least 4 members (excludes halogenated alkanes) is 12. The Hall–Kier alpha value is 1.59. The van der Waals surface area contributed by atoms with E-state index in [9.17, 15) is 56.8 Å². The van der Waals surface area contributed by atoms with Crippen LogP contribution in [-0.2, 0) is 75.6 Å². The summed E-state index contributed by atoms with van der Waals surface area (Å²) in [6.07, 6.45) is 36.8. The van der Waals surface area contributed by atoms with E-state index in [-0.39, 0.29) is 93.5 Å². The molecule has 0 fully saturated rings. The molecule has 0 saturated carbocycles. The molecule has 97 heavy (non-hydrogen) atoms. The van der Waals surface area contributed by atoms with Crippen LogP contribution in [0.1, 0.15) is 356 Å². The van der Waals surface area contributed by atoms with Crippen LogP contribution in [0.5, 0.6) is 0 Å². The normalized spacial score (nSPS) is 16.8. The Balaban J connectivity index is -0.000000200. The molecule has 0 amide bonds. The van der Waals surface area contributed by atoms with Gasteiger partial charge in [-0.2, -0.15) is 0 Å². The van der Waals surface area contributed by atoms with Gasteiger partial charge in [0.05, 0.1) is 39.6 Å². The van der Waals surface area contributed by atoms with Crippen LogP contribution in [0.15, 0.2) is 0 Å². The minimum absolute atomic E-state index is 0. The quantitative estimate of drug-likeness (QED) is 0.0310. The van der Waals surface area contributed by atoms with Crippen molar-refractivity contribution in [1.82, 2.24) is 0 Å². The maximum Gasteiger partial charge on any atom is 0.135 e. The molecule has 0 radical (unpaired) electrons. The fourth-order valence-electron chi connectivity index (χ4n) is 9.81. The number of hydrogen-bond acceptors (Lipinski definition) is 18. The van der Waals surface area contributed by atoms with E-state index in [1.54, 1.807) is 0 Å². The molecule has 25 heteroatoms. The van der Waals surface area contributed by atoms with Crippen LogP contribution in [0, 0.1) is 35.5 Å². The number of hydrogen-bond donors (Lipinski definition) is 0. The molecule has 0 aromatic heterocycles. The van der Waals surface area contributed by atoms with E-state index in [0.717, 1.165) is 231 Å². The van der Waals surface area contributed by atoms with Crippen molar-refractivity contribution in [2.45, 2.75) is 356 Å². The summed E-state index contributed by atoms with van der Waals surface area (Å²) in [6, 6.07) is 0. The Bertz CT molecular complexity index is 1590. The molecule has 0 aromatic rings. The van der Waals surface area contributed by atoms with Gasteiger partial charge in [-0.05, 0) is 113 Å². The van der Waals surface area contributed by atoms with E-state index >= 15 is 0 Å². The van der Waals surface area contributed by atoms with Crippen LogP contribution in [0.3, 0.4) is 0 Å². The molecule has 0 aliphatic heterocycles. The second kappa shape index (κ2) is 75.8. The van der Waals surface area contributed by atoms with Gasteiger partial charge in [0, 0.05) is 58.0 Å². The molecule has 12 unspecified atom stereocenters. The molecule has 0 aliphatic carbocycles. The molecular formula is C72H156MoO18P6-6. The van der Waals surface area contributed by atoms with Crippen molar-refractivity contribution in [2.75, 3.05) is 76.6 Å². The van der Waals surface area contributed by atoms with Crippen LogP contribution in [0.4, 0.5) is 0 Å².